The fourth-order valence-electron chi connectivity index (χ4n) is 1.92. The minimum Gasteiger partial charge on any atom is -0.397 e. The normalized spacial score (nSPS) is 11.1. The minimum absolute atomic E-state index is 0.363. The van der Waals surface area contributed by atoms with Crippen molar-refractivity contribution in [3.8, 4) is 11.4 Å². The van der Waals surface area contributed by atoms with Crippen molar-refractivity contribution in [2.24, 2.45) is 0 Å². The summed E-state index contributed by atoms with van der Waals surface area (Å²) in [6.07, 6.45) is 0. The van der Waals surface area contributed by atoms with Gasteiger partial charge in [-0.15, -0.1) is 0 Å². The molecule has 1 heterocycles. The highest BCUT2D eigenvalue weighted by molar-refractivity contribution is 9.10. The number of anilines is 1. The number of hydrogen-bond donors (Lipinski definition) is 2. The Bertz CT molecular complexity index is 785. The summed E-state index contributed by atoms with van der Waals surface area (Å²) < 4.78 is 14.6. The Balaban J connectivity index is 2.23. The molecule has 0 radical (unpaired) electrons. The van der Waals surface area contributed by atoms with Crippen LogP contribution in [0.2, 0.25) is 5.02 Å². The lowest BCUT2D eigenvalue weighted by atomic mass is 10.2. The first kappa shape index (κ1) is 12.4. The van der Waals surface area contributed by atoms with Gasteiger partial charge in [0.25, 0.3) is 0 Å². The van der Waals surface area contributed by atoms with Crippen LogP contribution in [0.3, 0.4) is 0 Å². The molecule has 96 valence electrons. The standard InChI is InChI=1S/C13H8BrClFN3/c14-6-1-2-8(9(16)3-6)13-18-11-5-7(15)4-10(17)12(11)19-13/h1-5H,17H2,(H,18,19). The SMILES string of the molecule is Nc1cc(Cl)cc2[nH]c(-c3ccc(Br)cc3F)nc12. The van der Waals surface area contributed by atoms with Crippen molar-refractivity contribution < 1.29 is 4.39 Å². The maximum absolute atomic E-state index is 13.9. The van der Waals surface area contributed by atoms with Gasteiger partial charge in [0, 0.05) is 9.50 Å². The van der Waals surface area contributed by atoms with Crippen molar-refractivity contribution in [1.82, 2.24) is 9.97 Å². The van der Waals surface area contributed by atoms with Gasteiger partial charge >= 0.3 is 0 Å². The molecule has 0 saturated heterocycles. The molecular formula is C13H8BrClFN3. The van der Waals surface area contributed by atoms with Crippen LogP contribution in [0.5, 0.6) is 0 Å². The Labute approximate surface area is 121 Å². The van der Waals surface area contributed by atoms with Gasteiger partial charge in [0.2, 0.25) is 0 Å². The summed E-state index contributed by atoms with van der Waals surface area (Å²) in [7, 11) is 0. The average molecular weight is 341 g/mol. The number of nitrogens with two attached hydrogens (primary N) is 1. The summed E-state index contributed by atoms with van der Waals surface area (Å²) >= 11 is 9.14. The smallest absolute Gasteiger partial charge is 0.141 e. The van der Waals surface area contributed by atoms with Crippen molar-refractivity contribution in [3.63, 3.8) is 0 Å². The lowest BCUT2D eigenvalue weighted by Gasteiger charge is -1.99. The van der Waals surface area contributed by atoms with Crippen LogP contribution in [0.4, 0.5) is 10.1 Å². The molecule has 3 nitrogen and oxygen atoms in total. The molecule has 0 bridgehead atoms. The van der Waals surface area contributed by atoms with Gasteiger partial charge in [-0.2, -0.15) is 0 Å². The lowest BCUT2D eigenvalue weighted by molar-refractivity contribution is 0.629. The molecule has 0 atom stereocenters. The van der Waals surface area contributed by atoms with Crippen molar-refractivity contribution in [2.45, 2.75) is 0 Å². The van der Waals surface area contributed by atoms with E-state index in [1.54, 1.807) is 24.3 Å². The van der Waals surface area contributed by atoms with Crippen LogP contribution in [-0.4, -0.2) is 9.97 Å². The molecule has 6 heteroatoms. The summed E-state index contributed by atoms with van der Waals surface area (Å²) in [5.74, 6) is 0.0621. The zero-order valence-corrected chi connectivity index (χ0v) is 11.9. The number of hydrogen-bond acceptors (Lipinski definition) is 2. The van der Waals surface area contributed by atoms with Crippen molar-refractivity contribution >= 4 is 44.3 Å². The number of imidazole rings is 1. The predicted octanol–water partition coefficient (Wildman–Crippen LogP) is 4.37. The van der Waals surface area contributed by atoms with Gasteiger partial charge in [-0.05, 0) is 30.3 Å². The molecule has 3 aromatic rings. The first-order valence-corrected chi connectivity index (χ1v) is 6.62. The molecule has 19 heavy (non-hydrogen) atoms. The maximum atomic E-state index is 13.9. The number of halogens is 3. The van der Waals surface area contributed by atoms with E-state index < -0.39 is 0 Å². The van der Waals surface area contributed by atoms with Gasteiger partial charge in [-0.3, -0.25) is 0 Å². The summed E-state index contributed by atoms with van der Waals surface area (Å²) in [4.78, 5) is 7.34. The van der Waals surface area contributed by atoms with Crippen LogP contribution in [0.15, 0.2) is 34.8 Å². The number of H-pyrrole nitrogens is 1. The molecule has 3 rings (SSSR count). The highest BCUT2D eigenvalue weighted by Crippen LogP contribution is 2.29. The number of fused-ring (bicyclic) bond motifs is 1. The summed E-state index contributed by atoms with van der Waals surface area (Å²) in [5, 5.41) is 0.511. The molecule has 0 fully saturated rings. The second-order valence-corrected chi connectivity index (χ2v) is 5.45. The third-order valence-corrected chi connectivity index (χ3v) is 3.48. The Morgan fingerprint density at radius 2 is 2.05 bits per heavy atom. The van der Waals surface area contributed by atoms with Crippen molar-refractivity contribution in [2.75, 3.05) is 5.73 Å². The fraction of sp³-hybridized carbons (Fsp3) is 0. The van der Waals surface area contributed by atoms with E-state index in [1.165, 1.54) is 6.07 Å². The summed E-state index contributed by atoms with van der Waals surface area (Å²) in [5.41, 5.74) is 7.95. The van der Waals surface area contributed by atoms with Crippen molar-refractivity contribution in [1.29, 1.82) is 0 Å². The van der Waals surface area contributed by atoms with Gasteiger partial charge in [0.15, 0.2) is 0 Å². The zero-order valence-electron chi connectivity index (χ0n) is 9.55. The molecule has 0 spiro atoms. The molecule has 2 aromatic carbocycles. The van der Waals surface area contributed by atoms with Gasteiger partial charge < -0.3 is 10.7 Å². The number of aromatic amines is 1. The number of rotatable bonds is 1. The highest BCUT2D eigenvalue weighted by atomic mass is 79.9. The van der Waals surface area contributed by atoms with Crippen LogP contribution in [0.1, 0.15) is 0 Å². The minimum atomic E-state index is -0.363. The predicted molar refractivity (Wildman–Crippen MR) is 78.6 cm³/mol. The number of nitrogen functional groups attached to an aromatic ring is 1. The Morgan fingerprint density at radius 1 is 1.26 bits per heavy atom. The molecule has 1 aromatic heterocycles. The molecule has 0 saturated carbocycles. The quantitative estimate of drug-likeness (QED) is 0.646. The van der Waals surface area contributed by atoms with Crippen molar-refractivity contribution in [3.05, 3.63) is 45.6 Å². The van der Waals surface area contributed by atoms with E-state index in [-0.39, 0.29) is 5.82 Å². The van der Waals surface area contributed by atoms with E-state index in [4.69, 9.17) is 17.3 Å². The Hall–Kier alpha value is -1.59. The van der Waals surface area contributed by atoms with Gasteiger partial charge in [-0.1, -0.05) is 27.5 Å². The molecule has 0 aliphatic heterocycles. The van der Waals surface area contributed by atoms with Crippen LogP contribution in [0.25, 0.3) is 22.4 Å². The maximum Gasteiger partial charge on any atom is 0.141 e. The van der Waals surface area contributed by atoms with Gasteiger partial charge in [0.1, 0.15) is 17.2 Å². The molecular weight excluding hydrogens is 333 g/mol. The first-order chi connectivity index (χ1) is 9.04. The summed E-state index contributed by atoms with van der Waals surface area (Å²) in [6.45, 7) is 0. The number of benzene rings is 2. The molecule has 0 aliphatic carbocycles. The molecule has 0 amide bonds. The molecule has 0 unspecified atom stereocenters. The van der Waals surface area contributed by atoms with E-state index in [0.29, 0.717) is 37.6 Å². The van der Waals surface area contributed by atoms with E-state index in [0.717, 1.165) is 0 Å². The largest absolute Gasteiger partial charge is 0.397 e. The van der Waals surface area contributed by atoms with E-state index in [1.807, 2.05) is 0 Å². The third-order valence-electron chi connectivity index (χ3n) is 2.77. The van der Waals surface area contributed by atoms with Gasteiger partial charge in [0.05, 0.1) is 16.8 Å². The molecule has 0 aliphatic rings. The number of nitrogens with one attached hydrogen (secondary N) is 1. The topological polar surface area (TPSA) is 54.7 Å². The van der Waals surface area contributed by atoms with Crippen LogP contribution < -0.4 is 5.73 Å². The van der Waals surface area contributed by atoms with E-state index in [2.05, 4.69) is 25.9 Å². The van der Waals surface area contributed by atoms with Crippen LogP contribution in [-0.2, 0) is 0 Å². The first-order valence-electron chi connectivity index (χ1n) is 5.45. The third kappa shape index (κ3) is 2.19. The second kappa shape index (κ2) is 4.51. The Morgan fingerprint density at radius 3 is 2.79 bits per heavy atom. The van der Waals surface area contributed by atoms with Crippen LogP contribution >= 0.6 is 27.5 Å². The number of nitrogens with zero attached hydrogens (tertiary/aromatic N) is 1. The van der Waals surface area contributed by atoms with E-state index >= 15 is 0 Å². The fourth-order valence-corrected chi connectivity index (χ4v) is 2.48. The van der Waals surface area contributed by atoms with Crippen LogP contribution in [0, 0.1) is 5.82 Å². The van der Waals surface area contributed by atoms with Gasteiger partial charge in [-0.25, -0.2) is 9.37 Å². The second-order valence-electron chi connectivity index (χ2n) is 4.10. The monoisotopic (exact) mass is 339 g/mol. The highest BCUT2D eigenvalue weighted by Gasteiger charge is 2.12. The zero-order chi connectivity index (χ0) is 13.6. The lowest BCUT2D eigenvalue weighted by Crippen LogP contribution is -1.87. The number of aromatic nitrogens is 2. The average Bonchev–Trinajstić information content (AvgIpc) is 2.72. The van der Waals surface area contributed by atoms with E-state index in [9.17, 15) is 4.39 Å². The molecule has 3 N–H and O–H groups in total. The Kier molecular flexibility index (Phi) is 2.95. The summed E-state index contributed by atoms with van der Waals surface area (Å²) in [6, 6.07) is 8.11.